The standard InChI is InChI=1S/C14H22BrFN2/c1-5-14(2,18(3)4)13(17)9-10-8-11(15)6-7-12(10)16/h6-8,13H,5,9,17H2,1-4H3. The molecule has 18 heavy (non-hydrogen) atoms. The zero-order chi connectivity index (χ0) is 13.9. The van der Waals surface area contributed by atoms with E-state index >= 15 is 0 Å². The Kier molecular flexibility index (Phi) is 5.32. The number of hydrogen-bond acceptors (Lipinski definition) is 2. The number of nitrogens with zero attached hydrogens (tertiary/aromatic N) is 1. The van der Waals surface area contributed by atoms with Gasteiger partial charge in [-0.2, -0.15) is 0 Å². The van der Waals surface area contributed by atoms with E-state index in [-0.39, 0.29) is 17.4 Å². The van der Waals surface area contributed by atoms with Crippen LogP contribution in [0.25, 0.3) is 0 Å². The molecule has 0 aliphatic heterocycles. The maximum atomic E-state index is 13.7. The molecule has 0 bridgehead atoms. The van der Waals surface area contributed by atoms with Gasteiger partial charge >= 0.3 is 0 Å². The van der Waals surface area contributed by atoms with Crippen LogP contribution >= 0.6 is 15.9 Å². The van der Waals surface area contributed by atoms with E-state index in [4.69, 9.17) is 5.73 Å². The van der Waals surface area contributed by atoms with Gasteiger partial charge in [-0.25, -0.2) is 4.39 Å². The maximum absolute atomic E-state index is 13.7. The Balaban J connectivity index is 2.93. The molecular weight excluding hydrogens is 295 g/mol. The lowest BCUT2D eigenvalue weighted by atomic mass is 9.84. The van der Waals surface area contributed by atoms with Crippen molar-refractivity contribution in [1.29, 1.82) is 0 Å². The van der Waals surface area contributed by atoms with Gasteiger partial charge in [0.25, 0.3) is 0 Å². The molecular formula is C14H22BrFN2. The minimum Gasteiger partial charge on any atom is -0.326 e. The normalized spacial score (nSPS) is 16.7. The van der Waals surface area contributed by atoms with Crippen LogP contribution in [0.1, 0.15) is 25.8 Å². The molecule has 0 spiro atoms. The summed E-state index contributed by atoms with van der Waals surface area (Å²) in [6.45, 7) is 4.23. The zero-order valence-electron chi connectivity index (χ0n) is 11.5. The van der Waals surface area contributed by atoms with Gasteiger partial charge in [-0.1, -0.05) is 22.9 Å². The third-order valence-electron chi connectivity index (χ3n) is 3.98. The summed E-state index contributed by atoms with van der Waals surface area (Å²) >= 11 is 3.36. The molecule has 1 aromatic carbocycles. The minimum absolute atomic E-state index is 0.110. The van der Waals surface area contributed by atoms with Gasteiger partial charge in [0.2, 0.25) is 0 Å². The lowest BCUT2D eigenvalue weighted by Crippen LogP contribution is -2.55. The smallest absolute Gasteiger partial charge is 0.126 e. The van der Waals surface area contributed by atoms with Crippen molar-refractivity contribution in [2.24, 2.45) is 5.73 Å². The molecule has 1 rings (SSSR count). The summed E-state index contributed by atoms with van der Waals surface area (Å²) in [4.78, 5) is 2.12. The number of rotatable bonds is 5. The van der Waals surface area contributed by atoms with Gasteiger partial charge < -0.3 is 10.6 Å². The van der Waals surface area contributed by atoms with Crippen LogP contribution < -0.4 is 5.73 Å². The topological polar surface area (TPSA) is 29.3 Å². The molecule has 2 atom stereocenters. The molecule has 2 nitrogen and oxygen atoms in total. The lowest BCUT2D eigenvalue weighted by Gasteiger charge is -2.41. The Morgan fingerprint density at radius 3 is 2.56 bits per heavy atom. The Morgan fingerprint density at radius 2 is 2.06 bits per heavy atom. The Bertz CT molecular complexity index is 409. The summed E-state index contributed by atoms with van der Waals surface area (Å²) in [6.07, 6.45) is 1.46. The van der Waals surface area contributed by atoms with Gasteiger partial charge in [-0.05, 0) is 57.6 Å². The van der Waals surface area contributed by atoms with Crippen molar-refractivity contribution >= 4 is 15.9 Å². The van der Waals surface area contributed by atoms with Crippen LogP contribution in [0.4, 0.5) is 4.39 Å². The molecule has 0 aromatic heterocycles. The predicted octanol–water partition coefficient (Wildman–Crippen LogP) is 3.19. The quantitative estimate of drug-likeness (QED) is 0.904. The zero-order valence-corrected chi connectivity index (χ0v) is 13.1. The van der Waals surface area contributed by atoms with E-state index in [0.717, 1.165) is 10.9 Å². The molecule has 0 aliphatic carbocycles. The van der Waals surface area contributed by atoms with Gasteiger partial charge in [-0.3, -0.25) is 0 Å². The third kappa shape index (κ3) is 3.31. The fourth-order valence-electron chi connectivity index (χ4n) is 2.07. The summed E-state index contributed by atoms with van der Waals surface area (Å²) in [6, 6.07) is 4.88. The highest BCUT2D eigenvalue weighted by molar-refractivity contribution is 9.10. The van der Waals surface area contributed by atoms with Crippen LogP contribution in [0.15, 0.2) is 22.7 Å². The SMILES string of the molecule is CCC(C)(C(N)Cc1cc(Br)ccc1F)N(C)C. The first-order chi connectivity index (χ1) is 8.31. The predicted molar refractivity (Wildman–Crippen MR) is 78.2 cm³/mol. The fourth-order valence-corrected chi connectivity index (χ4v) is 2.48. The number of hydrogen-bond donors (Lipinski definition) is 1. The molecule has 2 N–H and O–H groups in total. The second kappa shape index (κ2) is 6.13. The maximum Gasteiger partial charge on any atom is 0.126 e. The summed E-state index contributed by atoms with van der Waals surface area (Å²) in [7, 11) is 4.03. The second-order valence-corrected chi connectivity index (χ2v) is 6.07. The molecule has 0 aliphatic rings. The number of halogens is 2. The van der Waals surface area contributed by atoms with E-state index < -0.39 is 0 Å². The fraction of sp³-hybridized carbons (Fsp3) is 0.571. The van der Waals surface area contributed by atoms with E-state index in [1.54, 1.807) is 12.1 Å². The highest BCUT2D eigenvalue weighted by Crippen LogP contribution is 2.24. The highest BCUT2D eigenvalue weighted by Gasteiger charge is 2.32. The van der Waals surface area contributed by atoms with Gasteiger partial charge in [-0.15, -0.1) is 0 Å². The third-order valence-corrected chi connectivity index (χ3v) is 4.48. The van der Waals surface area contributed by atoms with Crippen molar-refractivity contribution < 1.29 is 4.39 Å². The van der Waals surface area contributed by atoms with Crippen LogP contribution in [0, 0.1) is 5.82 Å². The van der Waals surface area contributed by atoms with Crippen molar-refractivity contribution in [2.75, 3.05) is 14.1 Å². The summed E-state index contributed by atoms with van der Waals surface area (Å²) in [5, 5.41) is 0. The van der Waals surface area contributed by atoms with E-state index in [1.165, 1.54) is 6.07 Å². The van der Waals surface area contributed by atoms with E-state index in [1.807, 2.05) is 14.1 Å². The first-order valence-corrected chi connectivity index (χ1v) is 6.97. The van der Waals surface area contributed by atoms with Crippen LogP contribution in [-0.4, -0.2) is 30.6 Å². The van der Waals surface area contributed by atoms with Crippen LogP contribution in [0.3, 0.4) is 0 Å². The molecule has 0 fully saturated rings. The molecule has 0 saturated heterocycles. The molecule has 0 saturated carbocycles. The summed E-state index contributed by atoms with van der Waals surface area (Å²) in [5.74, 6) is -0.189. The van der Waals surface area contributed by atoms with Crippen molar-refractivity contribution in [1.82, 2.24) is 4.90 Å². The molecule has 2 unspecified atom stereocenters. The molecule has 0 radical (unpaired) electrons. The average molecular weight is 317 g/mol. The summed E-state index contributed by atoms with van der Waals surface area (Å²) < 4.78 is 14.6. The van der Waals surface area contributed by atoms with Crippen LogP contribution in [-0.2, 0) is 6.42 Å². The average Bonchev–Trinajstić information content (AvgIpc) is 2.32. The van der Waals surface area contributed by atoms with Crippen LogP contribution in [0.2, 0.25) is 0 Å². The molecule has 4 heteroatoms. The number of likely N-dealkylation sites (N-methyl/N-ethyl adjacent to an activating group) is 1. The first-order valence-electron chi connectivity index (χ1n) is 6.18. The Morgan fingerprint density at radius 1 is 1.44 bits per heavy atom. The van der Waals surface area contributed by atoms with Crippen molar-refractivity contribution in [3.8, 4) is 0 Å². The number of nitrogens with two attached hydrogens (primary N) is 1. The van der Waals surface area contributed by atoms with Crippen molar-refractivity contribution in [3.63, 3.8) is 0 Å². The first kappa shape index (κ1) is 15.6. The van der Waals surface area contributed by atoms with Crippen LogP contribution in [0.5, 0.6) is 0 Å². The van der Waals surface area contributed by atoms with Gasteiger partial charge in [0.05, 0.1) is 0 Å². The summed E-state index contributed by atoms with van der Waals surface area (Å²) in [5.41, 5.74) is 6.83. The largest absolute Gasteiger partial charge is 0.326 e. The molecule has 1 aromatic rings. The molecule has 0 heterocycles. The van der Waals surface area contributed by atoms with Gasteiger partial charge in [0.1, 0.15) is 5.82 Å². The van der Waals surface area contributed by atoms with E-state index in [9.17, 15) is 4.39 Å². The van der Waals surface area contributed by atoms with E-state index in [2.05, 4.69) is 34.7 Å². The monoisotopic (exact) mass is 316 g/mol. The highest BCUT2D eigenvalue weighted by atomic mass is 79.9. The molecule has 0 amide bonds. The van der Waals surface area contributed by atoms with Crippen molar-refractivity contribution in [2.45, 2.75) is 38.3 Å². The van der Waals surface area contributed by atoms with E-state index in [0.29, 0.717) is 12.0 Å². The van der Waals surface area contributed by atoms with Gasteiger partial charge in [0, 0.05) is 16.1 Å². The molecule has 102 valence electrons. The Labute approximate surface area is 117 Å². The lowest BCUT2D eigenvalue weighted by molar-refractivity contribution is 0.131. The number of benzene rings is 1. The van der Waals surface area contributed by atoms with Crippen molar-refractivity contribution in [3.05, 3.63) is 34.1 Å². The minimum atomic E-state index is -0.189. The Hall–Kier alpha value is -0.450. The second-order valence-electron chi connectivity index (χ2n) is 5.15. The van der Waals surface area contributed by atoms with Gasteiger partial charge in [0.15, 0.2) is 0 Å².